The molecule has 1 unspecified atom stereocenters. The van der Waals surface area contributed by atoms with E-state index in [1.807, 2.05) is 0 Å². The van der Waals surface area contributed by atoms with Gasteiger partial charge in [-0.3, -0.25) is 4.79 Å². The third-order valence-electron chi connectivity index (χ3n) is 5.11. The third-order valence-corrected chi connectivity index (χ3v) is 5.34. The molecule has 2 aliphatic heterocycles. The standard InChI is InChI=1S/C20H14ClFN4O3/c21-11-3-1-2-10(6-11)16-9-26-18(24-23-16)15(22)7-13-17(27)14(20(28)29)8-25(19(13)26)12-4-5-12/h1-3,6-9,12,18H,4-5H2,(H,28,29). The van der Waals surface area contributed by atoms with Crippen LogP contribution in [0.15, 0.2) is 57.5 Å². The Balaban J connectivity index is 1.73. The number of hydrogen-bond acceptors (Lipinski definition) is 5. The van der Waals surface area contributed by atoms with Gasteiger partial charge < -0.3 is 14.6 Å². The lowest BCUT2D eigenvalue weighted by atomic mass is 10.0. The van der Waals surface area contributed by atoms with Crippen LogP contribution >= 0.6 is 11.6 Å². The third kappa shape index (κ3) is 2.87. The molecule has 9 heteroatoms. The minimum atomic E-state index is -1.34. The molecule has 1 fully saturated rings. The van der Waals surface area contributed by atoms with Crippen molar-refractivity contribution in [3.8, 4) is 0 Å². The minimum absolute atomic E-state index is 0.00402. The predicted molar refractivity (Wildman–Crippen MR) is 106 cm³/mol. The van der Waals surface area contributed by atoms with Crippen molar-refractivity contribution in [2.45, 2.75) is 25.0 Å². The van der Waals surface area contributed by atoms with Gasteiger partial charge in [-0.05, 0) is 31.1 Å². The van der Waals surface area contributed by atoms with Crippen LogP contribution in [0.5, 0.6) is 0 Å². The number of carboxylic acids is 1. The highest BCUT2D eigenvalue weighted by molar-refractivity contribution is 6.30. The van der Waals surface area contributed by atoms with Crippen LogP contribution < -0.4 is 10.3 Å². The Labute approximate surface area is 169 Å². The van der Waals surface area contributed by atoms with Crippen LogP contribution in [0.2, 0.25) is 5.02 Å². The lowest BCUT2D eigenvalue weighted by Crippen LogP contribution is -2.39. The number of nitrogens with zero attached hydrogens (tertiary/aromatic N) is 4. The zero-order valence-electron chi connectivity index (χ0n) is 14.9. The van der Waals surface area contributed by atoms with Gasteiger partial charge in [0.2, 0.25) is 5.43 Å². The second kappa shape index (κ2) is 6.38. The monoisotopic (exact) mass is 412 g/mol. The Morgan fingerprint density at radius 3 is 2.79 bits per heavy atom. The van der Waals surface area contributed by atoms with Gasteiger partial charge in [-0.25, -0.2) is 9.18 Å². The van der Waals surface area contributed by atoms with E-state index in [0.29, 0.717) is 22.1 Å². The number of hydrogen-bond donors (Lipinski definition) is 1. The molecule has 0 amide bonds. The molecular weight excluding hydrogens is 399 g/mol. The summed E-state index contributed by atoms with van der Waals surface area (Å²) in [6, 6.07) is 7.07. The predicted octanol–water partition coefficient (Wildman–Crippen LogP) is 4.46. The lowest BCUT2D eigenvalue weighted by molar-refractivity contribution is 0.0694. The largest absolute Gasteiger partial charge is 0.477 e. The quantitative estimate of drug-likeness (QED) is 0.806. The van der Waals surface area contributed by atoms with Crippen molar-refractivity contribution in [3.63, 3.8) is 0 Å². The summed E-state index contributed by atoms with van der Waals surface area (Å²) < 4.78 is 16.5. The van der Waals surface area contributed by atoms with Gasteiger partial charge in [-0.2, -0.15) is 10.2 Å². The zero-order chi connectivity index (χ0) is 20.3. The highest BCUT2D eigenvalue weighted by atomic mass is 35.5. The van der Waals surface area contributed by atoms with Gasteiger partial charge >= 0.3 is 5.97 Å². The highest BCUT2D eigenvalue weighted by Gasteiger charge is 2.38. The fraction of sp³-hybridized carbons (Fsp3) is 0.200. The molecule has 1 aromatic heterocycles. The fourth-order valence-electron chi connectivity index (χ4n) is 3.59. The van der Waals surface area contributed by atoms with Crippen molar-refractivity contribution in [2.75, 3.05) is 4.90 Å². The molecule has 0 saturated heterocycles. The molecule has 0 radical (unpaired) electrons. The normalized spacial score (nSPS) is 19.9. The number of anilines is 1. The van der Waals surface area contributed by atoms with E-state index in [1.165, 1.54) is 6.20 Å². The van der Waals surface area contributed by atoms with Crippen LogP contribution in [0.3, 0.4) is 0 Å². The van der Waals surface area contributed by atoms with Crippen molar-refractivity contribution in [1.29, 1.82) is 0 Å². The van der Waals surface area contributed by atoms with Crippen molar-refractivity contribution in [3.05, 3.63) is 74.4 Å². The molecule has 3 aliphatic rings. The van der Waals surface area contributed by atoms with E-state index in [1.54, 1.807) is 39.9 Å². The second-order valence-corrected chi connectivity index (χ2v) is 7.54. The Morgan fingerprint density at radius 2 is 2.10 bits per heavy atom. The number of carbonyl (C=O) groups is 1. The van der Waals surface area contributed by atoms with Gasteiger partial charge in [0.15, 0.2) is 6.17 Å². The van der Waals surface area contributed by atoms with Crippen molar-refractivity contribution < 1.29 is 14.3 Å². The van der Waals surface area contributed by atoms with Crippen LogP contribution in [0.25, 0.3) is 11.8 Å². The summed E-state index contributed by atoms with van der Waals surface area (Å²) in [6.07, 6.45) is 4.70. The topological polar surface area (TPSA) is 87.3 Å². The van der Waals surface area contributed by atoms with E-state index in [0.717, 1.165) is 18.9 Å². The van der Waals surface area contributed by atoms with Crippen molar-refractivity contribution >= 4 is 35.2 Å². The zero-order valence-corrected chi connectivity index (χ0v) is 15.7. The number of carboxylic acid groups (broad SMARTS) is 1. The molecule has 1 N–H and O–H groups in total. The number of rotatable bonds is 3. The van der Waals surface area contributed by atoms with Crippen LogP contribution in [0.4, 0.5) is 10.2 Å². The molecule has 0 spiro atoms. The van der Waals surface area contributed by atoms with E-state index in [2.05, 4.69) is 10.2 Å². The Morgan fingerprint density at radius 1 is 1.31 bits per heavy atom. The van der Waals surface area contributed by atoms with E-state index >= 15 is 0 Å². The molecule has 5 rings (SSSR count). The lowest BCUT2D eigenvalue weighted by Gasteiger charge is -2.35. The van der Waals surface area contributed by atoms with E-state index in [9.17, 15) is 19.1 Å². The molecule has 1 aliphatic carbocycles. The first-order valence-corrected chi connectivity index (χ1v) is 9.38. The molecule has 29 heavy (non-hydrogen) atoms. The molecule has 1 saturated carbocycles. The number of fused-ring (bicyclic) bond motifs is 3. The first-order valence-electron chi connectivity index (χ1n) is 9.00. The van der Waals surface area contributed by atoms with Crippen molar-refractivity contribution in [1.82, 2.24) is 4.57 Å². The summed E-state index contributed by atoms with van der Waals surface area (Å²) >= 11 is 6.07. The van der Waals surface area contributed by atoms with E-state index < -0.39 is 23.4 Å². The maximum atomic E-state index is 14.8. The summed E-state index contributed by atoms with van der Waals surface area (Å²) in [5.41, 5.74) is 0.0542. The fourth-order valence-corrected chi connectivity index (χ4v) is 3.78. The van der Waals surface area contributed by atoms with E-state index in [-0.39, 0.29) is 17.2 Å². The maximum absolute atomic E-state index is 14.8. The minimum Gasteiger partial charge on any atom is -0.477 e. The van der Waals surface area contributed by atoms with Gasteiger partial charge in [0.25, 0.3) is 0 Å². The number of halogens is 2. The van der Waals surface area contributed by atoms with E-state index in [4.69, 9.17) is 11.6 Å². The summed E-state index contributed by atoms with van der Waals surface area (Å²) in [5.74, 6) is -1.59. The number of azo groups is 1. The van der Waals surface area contributed by atoms with Crippen LogP contribution in [0.1, 0.15) is 40.4 Å². The van der Waals surface area contributed by atoms with Gasteiger partial charge in [0, 0.05) is 29.0 Å². The van der Waals surface area contributed by atoms with Crippen LogP contribution in [-0.4, -0.2) is 21.8 Å². The average molecular weight is 413 g/mol. The van der Waals surface area contributed by atoms with Gasteiger partial charge in [0.05, 0.1) is 5.56 Å². The highest BCUT2D eigenvalue weighted by Crippen LogP contribution is 2.43. The number of pyridine rings is 1. The smallest absolute Gasteiger partial charge is 0.341 e. The SMILES string of the molecule is O=C(O)c1cn(C2CC2)c2c(c1=O)C=C(F)C1N=NC(c3cccc(Cl)c3)=CN21. The van der Waals surface area contributed by atoms with Crippen molar-refractivity contribution in [2.24, 2.45) is 10.2 Å². The Bertz CT molecular complexity index is 1210. The van der Waals surface area contributed by atoms with Gasteiger partial charge in [-0.1, -0.05) is 23.7 Å². The van der Waals surface area contributed by atoms with Gasteiger partial charge in [-0.15, -0.1) is 0 Å². The number of aromatic nitrogens is 1. The summed E-state index contributed by atoms with van der Waals surface area (Å²) in [6.45, 7) is 0. The summed E-state index contributed by atoms with van der Waals surface area (Å²) in [5, 5.41) is 18.2. The Hall–Kier alpha value is -3.26. The molecule has 7 nitrogen and oxygen atoms in total. The van der Waals surface area contributed by atoms with Crippen LogP contribution in [-0.2, 0) is 0 Å². The summed E-state index contributed by atoms with van der Waals surface area (Å²) in [7, 11) is 0. The first kappa shape index (κ1) is 17.8. The number of aromatic carboxylic acids is 1. The number of benzene rings is 1. The van der Waals surface area contributed by atoms with Crippen LogP contribution in [0, 0.1) is 0 Å². The molecule has 146 valence electrons. The Kier molecular flexibility index (Phi) is 3.92. The maximum Gasteiger partial charge on any atom is 0.341 e. The second-order valence-electron chi connectivity index (χ2n) is 7.10. The molecular formula is C20H14ClFN4O3. The van der Waals surface area contributed by atoms with Gasteiger partial charge in [0.1, 0.15) is 22.9 Å². The molecule has 3 heterocycles. The molecule has 0 bridgehead atoms. The molecule has 2 aromatic rings. The average Bonchev–Trinajstić information content (AvgIpc) is 3.53. The first-order chi connectivity index (χ1) is 13.9. The molecule has 1 atom stereocenters. The molecule has 1 aromatic carbocycles. The summed E-state index contributed by atoms with van der Waals surface area (Å²) in [4.78, 5) is 25.8.